The van der Waals surface area contributed by atoms with Crippen LogP contribution in [0.15, 0.2) is 35.7 Å². The molecule has 1 N–H and O–H groups in total. The number of hydrogen-bond acceptors (Lipinski definition) is 4. The third-order valence-electron chi connectivity index (χ3n) is 2.63. The molecule has 4 nitrogen and oxygen atoms in total. The van der Waals surface area contributed by atoms with Gasteiger partial charge in [-0.1, -0.05) is 0 Å². The van der Waals surface area contributed by atoms with Gasteiger partial charge >= 0.3 is 6.09 Å². The van der Waals surface area contributed by atoms with Crippen LogP contribution >= 0.6 is 11.3 Å². The molecule has 0 saturated carbocycles. The van der Waals surface area contributed by atoms with E-state index < -0.39 is 17.5 Å². The lowest BCUT2D eigenvalue weighted by molar-refractivity contribution is 0.0636. The van der Waals surface area contributed by atoms with Crippen LogP contribution in [0.3, 0.4) is 0 Å². The number of hydrogen-bond donors (Lipinski definition) is 1. The molecule has 0 aliphatic heterocycles. The Morgan fingerprint density at radius 2 is 1.77 bits per heavy atom. The number of anilines is 1. The van der Waals surface area contributed by atoms with Crippen LogP contribution in [0.4, 0.5) is 14.2 Å². The Kier molecular flexibility index (Phi) is 4.61. The van der Waals surface area contributed by atoms with Crippen molar-refractivity contribution in [2.45, 2.75) is 26.4 Å². The molecule has 0 saturated heterocycles. The number of nitrogens with one attached hydrogen (secondary N) is 1. The van der Waals surface area contributed by atoms with Crippen molar-refractivity contribution in [2.75, 3.05) is 5.32 Å². The fourth-order valence-corrected chi connectivity index (χ4v) is 2.51. The zero-order valence-electron chi connectivity index (χ0n) is 12.5. The minimum absolute atomic E-state index is 0.285. The summed E-state index contributed by atoms with van der Waals surface area (Å²) in [5.74, 6) is -0.693. The van der Waals surface area contributed by atoms with E-state index in [2.05, 4.69) is 5.32 Å². The van der Waals surface area contributed by atoms with E-state index in [1.165, 1.54) is 35.6 Å². The van der Waals surface area contributed by atoms with E-state index in [-0.39, 0.29) is 5.78 Å². The summed E-state index contributed by atoms with van der Waals surface area (Å²) in [4.78, 5) is 24.2. The van der Waals surface area contributed by atoms with Crippen molar-refractivity contribution in [3.8, 4) is 0 Å². The molecular weight excluding hydrogens is 305 g/mol. The zero-order valence-corrected chi connectivity index (χ0v) is 13.3. The molecule has 6 heteroatoms. The van der Waals surface area contributed by atoms with E-state index in [0.717, 1.165) is 0 Å². The van der Waals surface area contributed by atoms with Crippen molar-refractivity contribution in [3.05, 3.63) is 52.7 Å². The van der Waals surface area contributed by atoms with Crippen molar-refractivity contribution in [1.82, 2.24) is 0 Å². The molecule has 0 aliphatic carbocycles. The lowest BCUT2D eigenvalue weighted by Gasteiger charge is -2.19. The monoisotopic (exact) mass is 321 g/mol. The normalized spacial score (nSPS) is 11.1. The van der Waals surface area contributed by atoms with Crippen LogP contribution in [0.5, 0.6) is 0 Å². The van der Waals surface area contributed by atoms with Gasteiger partial charge in [-0.25, -0.2) is 9.18 Å². The van der Waals surface area contributed by atoms with E-state index in [0.29, 0.717) is 16.1 Å². The summed E-state index contributed by atoms with van der Waals surface area (Å²) >= 11 is 1.22. The number of benzene rings is 1. The lowest BCUT2D eigenvalue weighted by Crippen LogP contribution is -2.27. The van der Waals surface area contributed by atoms with Gasteiger partial charge in [0, 0.05) is 5.56 Å². The zero-order chi connectivity index (χ0) is 16.3. The van der Waals surface area contributed by atoms with Crippen LogP contribution in [0.1, 0.15) is 36.7 Å². The first-order chi connectivity index (χ1) is 10.3. The molecule has 0 bridgehead atoms. The van der Waals surface area contributed by atoms with Gasteiger partial charge in [0.25, 0.3) is 0 Å². The molecule has 0 radical (unpaired) electrons. The Morgan fingerprint density at radius 1 is 1.14 bits per heavy atom. The van der Waals surface area contributed by atoms with Crippen LogP contribution in [-0.2, 0) is 4.74 Å². The van der Waals surface area contributed by atoms with Crippen molar-refractivity contribution in [1.29, 1.82) is 0 Å². The summed E-state index contributed by atoms with van der Waals surface area (Å²) in [6.45, 7) is 5.27. The lowest BCUT2D eigenvalue weighted by atomic mass is 10.1. The van der Waals surface area contributed by atoms with E-state index in [9.17, 15) is 14.0 Å². The molecule has 1 aromatic carbocycles. The molecule has 2 rings (SSSR count). The van der Waals surface area contributed by atoms with Crippen molar-refractivity contribution in [2.24, 2.45) is 0 Å². The van der Waals surface area contributed by atoms with Crippen molar-refractivity contribution < 1.29 is 18.7 Å². The van der Waals surface area contributed by atoms with E-state index in [1.54, 1.807) is 32.2 Å². The van der Waals surface area contributed by atoms with Gasteiger partial charge in [0.1, 0.15) is 16.4 Å². The second kappa shape index (κ2) is 6.27. The first-order valence-corrected chi connectivity index (χ1v) is 7.52. The van der Waals surface area contributed by atoms with E-state index >= 15 is 0 Å². The summed E-state index contributed by atoms with van der Waals surface area (Å²) in [5, 5.41) is 4.68. The summed E-state index contributed by atoms with van der Waals surface area (Å²) in [7, 11) is 0. The summed E-state index contributed by atoms with van der Waals surface area (Å²) in [6, 6.07) is 6.88. The molecule has 116 valence electrons. The highest BCUT2D eigenvalue weighted by Gasteiger charge is 2.20. The molecule has 1 aromatic heterocycles. The second-order valence-corrected chi connectivity index (χ2v) is 6.54. The summed E-state index contributed by atoms with van der Waals surface area (Å²) < 4.78 is 18.1. The number of halogens is 1. The number of ether oxygens (including phenoxy) is 1. The van der Waals surface area contributed by atoms with Crippen LogP contribution in [-0.4, -0.2) is 17.5 Å². The SMILES string of the molecule is CC(C)(C)OC(=O)Nc1sccc1C(=O)c1ccc(F)cc1. The highest BCUT2D eigenvalue weighted by molar-refractivity contribution is 7.14. The fourth-order valence-electron chi connectivity index (χ4n) is 1.74. The molecule has 2 aromatic rings. The maximum atomic E-state index is 12.9. The summed E-state index contributed by atoms with van der Waals surface area (Å²) in [6.07, 6.45) is -0.622. The van der Waals surface area contributed by atoms with Crippen LogP contribution in [0, 0.1) is 5.82 Å². The maximum absolute atomic E-state index is 12.9. The van der Waals surface area contributed by atoms with Gasteiger partial charge in [-0.3, -0.25) is 10.1 Å². The molecule has 0 atom stereocenters. The third kappa shape index (κ3) is 4.14. The predicted molar refractivity (Wildman–Crippen MR) is 84.0 cm³/mol. The molecule has 22 heavy (non-hydrogen) atoms. The molecule has 0 fully saturated rings. The van der Waals surface area contributed by atoms with Crippen molar-refractivity contribution in [3.63, 3.8) is 0 Å². The third-order valence-corrected chi connectivity index (χ3v) is 3.46. The largest absolute Gasteiger partial charge is 0.444 e. The number of thiophene rings is 1. The average Bonchev–Trinajstić information content (AvgIpc) is 2.84. The minimum Gasteiger partial charge on any atom is -0.444 e. The number of amides is 1. The maximum Gasteiger partial charge on any atom is 0.412 e. The van der Waals surface area contributed by atoms with Gasteiger partial charge in [-0.05, 0) is 56.5 Å². The van der Waals surface area contributed by atoms with Gasteiger partial charge in [0.15, 0.2) is 5.78 Å². The first-order valence-electron chi connectivity index (χ1n) is 6.64. The van der Waals surface area contributed by atoms with Crippen LogP contribution < -0.4 is 5.32 Å². The number of rotatable bonds is 3. The smallest absolute Gasteiger partial charge is 0.412 e. The number of ketones is 1. The molecule has 0 unspecified atom stereocenters. The number of carbonyl (C=O) groups excluding carboxylic acids is 2. The highest BCUT2D eigenvalue weighted by Crippen LogP contribution is 2.26. The molecule has 1 heterocycles. The van der Waals surface area contributed by atoms with E-state index in [4.69, 9.17) is 4.74 Å². The number of carbonyl (C=O) groups is 2. The fraction of sp³-hybridized carbons (Fsp3) is 0.250. The summed E-state index contributed by atoms with van der Waals surface area (Å²) in [5.41, 5.74) is 0.0807. The Bertz CT molecular complexity index is 686. The molecular formula is C16H16FNO3S. The Balaban J connectivity index is 2.17. The van der Waals surface area contributed by atoms with Crippen molar-refractivity contribution >= 4 is 28.2 Å². The van der Waals surface area contributed by atoms with Crippen LogP contribution in [0.25, 0.3) is 0 Å². The first kappa shape index (κ1) is 16.2. The minimum atomic E-state index is -0.623. The van der Waals surface area contributed by atoms with Gasteiger partial charge < -0.3 is 4.74 Å². The Hall–Kier alpha value is -2.21. The van der Waals surface area contributed by atoms with Gasteiger partial charge in [0.05, 0.1) is 5.56 Å². The van der Waals surface area contributed by atoms with Gasteiger partial charge in [-0.15, -0.1) is 11.3 Å². The highest BCUT2D eigenvalue weighted by atomic mass is 32.1. The molecule has 1 amide bonds. The average molecular weight is 321 g/mol. The topological polar surface area (TPSA) is 55.4 Å². The molecule has 0 spiro atoms. The Labute approximate surface area is 131 Å². The van der Waals surface area contributed by atoms with Gasteiger partial charge in [0.2, 0.25) is 0 Å². The predicted octanol–water partition coefficient (Wildman–Crippen LogP) is 4.47. The second-order valence-electron chi connectivity index (χ2n) is 5.63. The Morgan fingerprint density at radius 3 is 2.36 bits per heavy atom. The standard InChI is InChI=1S/C16H16FNO3S/c1-16(2,3)21-15(20)18-14-12(8-9-22-14)13(19)10-4-6-11(17)7-5-10/h4-9H,1-3H3,(H,18,20). The quantitative estimate of drug-likeness (QED) is 0.849. The van der Waals surface area contributed by atoms with Crippen LogP contribution in [0.2, 0.25) is 0 Å². The van der Waals surface area contributed by atoms with E-state index in [1.807, 2.05) is 0 Å². The molecule has 0 aliphatic rings. The van der Waals surface area contributed by atoms with Gasteiger partial charge in [-0.2, -0.15) is 0 Å².